The number of nitrogens with zero attached hydrogens (tertiary/aromatic N) is 5. The molecule has 0 N–H and O–H groups in total. The van der Waals surface area contributed by atoms with E-state index in [1.165, 1.54) is 11.1 Å². The monoisotopic (exact) mass is 359 g/mol. The van der Waals surface area contributed by atoms with Crippen molar-refractivity contribution in [2.24, 2.45) is 7.05 Å². The zero-order chi connectivity index (χ0) is 16.5. The van der Waals surface area contributed by atoms with Crippen LogP contribution in [0, 0.1) is 0 Å². The van der Waals surface area contributed by atoms with Gasteiger partial charge in [-0.05, 0) is 29.7 Å². The lowest BCUT2D eigenvalue weighted by Gasteiger charge is -2.13. The summed E-state index contributed by atoms with van der Waals surface area (Å²) in [7, 11) is 1.96. The van der Waals surface area contributed by atoms with Gasteiger partial charge in [-0.25, -0.2) is 0 Å². The van der Waals surface area contributed by atoms with E-state index in [-0.39, 0.29) is 0 Å². The van der Waals surface area contributed by atoms with E-state index < -0.39 is 0 Å². The lowest BCUT2D eigenvalue weighted by atomic mass is 10.0. The summed E-state index contributed by atoms with van der Waals surface area (Å²) in [4.78, 5) is 2.33. The van der Waals surface area contributed by atoms with E-state index in [0.29, 0.717) is 5.92 Å². The van der Waals surface area contributed by atoms with Crippen LogP contribution in [0.1, 0.15) is 28.5 Å². The maximum absolute atomic E-state index is 5.93. The van der Waals surface area contributed by atoms with E-state index in [1.54, 1.807) is 11.3 Å². The molecule has 1 aromatic carbocycles. The molecule has 0 amide bonds. The SMILES string of the molecule is Cn1cc(C2CCN(c3nnc(Cc4ccc(Cl)cc4)s3)C2)cn1. The number of anilines is 1. The number of aromatic nitrogens is 4. The molecule has 1 fully saturated rings. The Balaban J connectivity index is 1.42. The topological polar surface area (TPSA) is 46.8 Å². The Morgan fingerprint density at radius 3 is 2.83 bits per heavy atom. The van der Waals surface area contributed by atoms with Crippen LogP contribution in [0.2, 0.25) is 5.02 Å². The number of benzene rings is 1. The summed E-state index contributed by atoms with van der Waals surface area (Å²) in [6.07, 6.45) is 6.02. The molecule has 7 heteroatoms. The fraction of sp³-hybridized carbons (Fsp3) is 0.353. The number of rotatable bonds is 4. The first-order chi connectivity index (χ1) is 11.7. The maximum atomic E-state index is 5.93. The van der Waals surface area contributed by atoms with Gasteiger partial charge in [0.2, 0.25) is 5.13 Å². The standard InChI is InChI=1S/C17H18ClN5S/c1-22-10-14(9-19-22)13-6-7-23(11-13)17-21-20-16(24-17)8-12-2-4-15(18)5-3-12/h2-5,9-10,13H,6-8,11H2,1H3. The number of hydrogen-bond donors (Lipinski definition) is 0. The van der Waals surface area contributed by atoms with Crippen molar-refractivity contribution < 1.29 is 0 Å². The zero-order valence-electron chi connectivity index (χ0n) is 13.4. The summed E-state index contributed by atoms with van der Waals surface area (Å²) in [6.45, 7) is 2.01. The van der Waals surface area contributed by atoms with Gasteiger partial charge in [0.15, 0.2) is 0 Å². The molecule has 1 aliphatic rings. The predicted molar refractivity (Wildman–Crippen MR) is 96.9 cm³/mol. The average Bonchev–Trinajstić information content (AvgIpc) is 3.29. The average molecular weight is 360 g/mol. The van der Waals surface area contributed by atoms with E-state index in [1.807, 2.05) is 42.2 Å². The third kappa shape index (κ3) is 3.30. The van der Waals surface area contributed by atoms with Crippen LogP contribution in [-0.2, 0) is 13.5 Å². The number of hydrogen-bond acceptors (Lipinski definition) is 5. The van der Waals surface area contributed by atoms with Gasteiger partial charge in [0, 0.05) is 43.7 Å². The molecule has 1 unspecified atom stereocenters. The third-order valence-electron chi connectivity index (χ3n) is 4.38. The Labute approximate surface area is 149 Å². The Morgan fingerprint density at radius 2 is 2.08 bits per heavy atom. The lowest BCUT2D eigenvalue weighted by molar-refractivity contribution is 0.754. The van der Waals surface area contributed by atoms with Crippen LogP contribution < -0.4 is 4.90 Å². The molecule has 5 nitrogen and oxygen atoms in total. The predicted octanol–water partition coefficient (Wildman–Crippen LogP) is 3.51. The minimum atomic E-state index is 0.530. The summed E-state index contributed by atoms with van der Waals surface area (Å²) in [5, 5.41) is 15.8. The van der Waals surface area contributed by atoms with Crippen molar-refractivity contribution >= 4 is 28.1 Å². The number of aryl methyl sites for hydroxylation is 1. The molecule has 0 saturated carbocycles. The van der Waals surface area contributed by atoms with Gasteiger partial charge in [0.25, 0.3) is 0 Å². The maximum Gasteiger partial charge on any atom is 0.208 e. The van der Waals surface area contributed by atoms with Gasteiger partial charge in [-0.1, -0.05) is 35.1 Å². The van der Waals surface area contributed by atoms with E-state index >= 15 is 0 Å². The van der Waals surface area contributed by atoms with Gasteiger partial charge in [-0.15, -0.1) is 10.2 Å². The van der Waals surface area contributed by atoms with Crippen molar-refractivity contribution in [2.45, 2.75) is 18.8 Å². The molecule has 1 aliphatic heterocycles. The van der Waals surface area contributed by atoms with Crippen molar-refractivity contribution in [3.05, 3.63) is 57.8 Å². The largest absolute Gasteiger partial charge is 0.346 e. The molecule has 0 spiro atoms. The smallest absolute Gasteiger partial charge is 0.208 e. The lowest BCUT2D eigenvalue weighted by Crippen LogP contribution is -2.18. The van der Waals surface area contributed by atoms with Crippen LogP contribution in [0.3, 0.4) is 0 Å². The minimum Gasteiger partial charge on any atom is -0.346 e. The molecule has 3 heterocycles. The fourth-order valence-electron chi connectivity index (χ4n) is 3.08. The summed E-state index contributed by atoms with van der Waals surface area (Å²) >= 11 is 7.61. The van der Waals surface area contributed by atoms with Crippen molar-refractivity contribution in [1.29, 1.82) is 0 Å². The van der Waals surface area contributed by atoms with Crippen LogP contribution in [0.4, 0.5) is 5.13 Å². The molecular formula is C17H18ClN5S. The first-order valence-corrected chi connectivity index (χ1v) is 9.17. The van der Waals surface area contributed by atoms with Gasteiger partial charge in [-0.3, -0.25) is 4.68 Å². The minimum absolute atomic E-state index is 0.530. The van der Waals surface area contributed by atoms with Crippen molar-refractivity contribution in [3.8, 4) is 0 Å². The van der Waals surface area contributed by atoms with Crippen LogP contribution >= 0.6 is 22.9 Å². The Morgan fingerprint density at radius 1 is 1.25 bits per heavy atom. The summed E-state index contributed by atoms with van der Waals surface area (Å²) in [5.74, 6) is 0.530. The highest BCUT2D eigenvalue weighted by Crippen LogP contribution is 2.32. The van der Waals surface area contributed by atoms with Gasteiger partial charge < -0.3 is 4.90 Å². The van der Waals surface area contributed by atoms with E-state index in [2.05, 4.69) is 26.4 Å². The second-order valence-electron chi connectivity index (χ2n) is 6.16. The summed E-state index contributed by atoms with van der Waals surface area (Å²) in [5.41, 5.74) is 2.52. The molecule has 124 valence electrons. The van der Waals surface area contributed by atoms with E-state index in [4.69, 9.17) is 11.6 Å². The summed E-state index contributed by atoms with van der Waals surface area (Å²) in [6, 6.07) is 7.91. The molecular weight excluding hydrogens is 342 g/mol. The van der Waals surface area contributed by atoms with E-state index in [9.17, 15) is 0 Å². The molecule has 3 aromatic rings. The molecule has 0 radical (unpaired) electrons. The fourth-order valence-corrected chi connectivity index (χ4v) is 4.11. The molecule has 2 aromatic heterocycles. The molecule has 0 aliphatic carbocycles. The highest BCUT2D eigenvalue weighted by Gasteiger charge is 2.27. The molecule has 24 heavy (non-hydrogen) atoms. The molecule has 0 bridgehead atoms. The highest BCUT2D eigenvalue weighted by atomic mass is 35.5. The Kier molecular flexibility index (Phi) is 4.24. The quantitative estimate of drug-likeness (QED) is 0.715. The van der Waals surface area contributed by atoms with Gasteiger partial charge in [-0.2, -0.15) is 5.10 Å². The molecule has 1 saturated heterocycles. The van der Waals surface area contributed by atoms with Crippen LogP contribution in [0.25, 0.3) is 0 Å². The number of halogens is 1. The van der Waals surface area contributed by atoms with Crippen LogP contribution in [0.15, 0.2) is 36.7 Å². The Hall–Kier alpha value is -1.92. The first-order valence-electron chi connectivity index (χ1n) is 7.98. The Bertz CT molecular complexity index is 826. The van der Waals surface area contributed by atoms with Gasteiger partial charge in [0.1, 0.15) is 5.01 Å². The van der Waals surface area contributed by atoms with Crippen LogP contribution in [0.5, 0.6) is 0 Å². The second kappa shape index (κ2) is 6.53. The highest BCUT2D eigenvalue weighted by molar-refractivity contribution is 7.15. The molecule has 1 atom stereocenters. The second-order valence-corrected chi connectivity index (χ2v) is 7.64. The van der Waals surface area contributed by atoms with Crippen molar-refractivity contribution in [1.82, 2.24) is 20.0 Å². The van der Waals surface area contributed by atoms with Crippen molar-refractivity contribution in [2.75, 3.05) is 18.0 Å². The van der Waals surface area contributed by atoms with Gasteiger partial charge >= 0.3 is 0 Å². The third-order valence-corrected chi connectivity index (χ3v) is 5.62. The van der Waals surface area contributed by atoms with Crippen LogP contribution in [-0.4, -0.2) is 33.1 Å². The molecule has 4 rings (SSSR count). The zero-order valence-corrected chi connectivity index (χ0v) is 15.0. The van der Waals surface area contributed by atoms with Crippen molar-refractivity contribution in [3.63, 3.8) is 0 Å². The van der Waals surface area contributed by atoms with Gasteiger partial charge in [0.05, 0.1) is 6.20 Å². The summed E-state index contributed by atoms with van der Waals surface area (Å²) < 4.78 is 1.87. The van der Waals surface area contributed by atoms with E-state index in [0.717, 1.165) is 41.1 Å². The first kappa shape index (κ1) is 15.6. The normalized spacial score (nSPS) is 17.6.